The van der Waals surface area contributed by atoms with Gasteiger partial charge in [0.15, 0.2) is 0 Å². The van der Waals surface area contributed by atoms with Crippen molar-refractivity contribution in [3.05, 3.63) is 23.8 Å². The van der Waals surface area contributed by atoms with Crippen LogP contribution in [0.2, 0.25) is 0 Å². The third-order valence-electron chi connectivity index (χ3n) is 3.77. The fraction of sp³-hybridized carbons (Fsp3) is 0.600. The van der Waals surface area contributed by atoms with Crippen LogP contribution in [0.5, 0.6) is 0 Å². The van der Waals surface area contributed by atoms with Crippen molar-refractivity contribution in [3.8, 4) is 0 Å². The predicted molar refractivity (Wildman–Crippen MR) is 79.0 cm³/mol. The second-order valence-electron chi connectivity index (χ2n) is 5.17. The van der Waals surface area contributed by atoms with Gasteiger partial charge in [0.1, 0.15) is 0 Å². The van der Waals surface area contributed by atoms with E-state index in [1.807, 2.05) is 13.1 Å². The van der Waals surface area contributed by atoms with E-state index in [4.69, 9.17) is 5.73 Å². The molecule has 1 aliphatic rings. The summed E-state index contributed by atoms with van der Waals surface area (Å²) in [6, 6.07) is 6.13. The van der Waals surface area contributed by atoms with Crippen molar-refractivity contribution in [2.75, 3.05) is 37.7 Å². The zero-order valence-electron chi connectivity index (χ0n) is 11.4. The first-order chi connectivity index (χ1) is 8.79. The summed E-state index contributed by atoms with van der Waals surface area (Å²) in [5.41, 5.74) is 9.27. The van der Waals surface area contributed by atoms with Gasteiger partial charge in [0.25, 0.3) is 0 Å². The van der Waals surface area contributed by atoms with Gasteiger partial charge in [-0.25, -0.2) is 0 Å². The van der Waals surface area contributed by atoms with E-state index >= 15 is 0 Å². The Morgan fingerprint density at radius 3 is 2.72 bits per heavy atom. The molecular formula is C15H25N3. The molecule has 0 aromatic heterocycles. The monoisotopic (exact) mass is 247 g/mol. The van der Waals surface area contributed by atoms with Crippen molar-refractivity contribution in [1.82, 2.24) is 4.90 Å². The summed E-state index contributed by atoms with van der Waals surface area (Å²) in [7, 11) is 1.97. The van der Waals surface area contributed by atoms with E-state index < -0.39 is 0 Å². The van der Waals surface area contributed by atoms with Crippen LogP contribution < -0.4 is 11.1 Å². The fourth-order valence-electron chi connectivity index (χ4n) is 2.74. The van der Waals surface area contributed by atoms with Gasteiger partial charge in [0, 0.05) is 18.4 Å². The number of nitrogens with two attached hydrogens (primary N) is 1. The molecule has 18 heavy (non-hydrogen) atoms. The number of nitrogens with one attached hydrogen (secondary N) is 1. The molecule has 0 spiro atoms. The number of rotatable bonds is 5. The van der Waals surface area contributed by atoms with Crippen molar-refractivity contribution < 1.29 is 0 Å². The highest BCUT2D eigenvalue weighted by Crippen LogP contribution is 2.20. The lowest BCUT2D eigenvalue weighted by Gasteiger charge is -2.26. The average Bonchev–Trinajstić information content (AvgIpc) is 2.40. The molecule has 0 atom stereocenters. The standard InChI is InChI=1S/C15H25N3/c1-17-15-8-7-14(16)12-13(15)6-5-11-18-9-3-2-4-10-18/h7-8,12,17H,2-6,9-11,16H2,1H3. The summed E-state index contributed by atoms with van der Waals surface area (Å²) >= 11 is 0. The van der Waals surface area contributed by atoms with E-state index in [0.717, 1.165) is 12.1 Å². The number of hydrogen-bond acceptors (Lipinski definition) is 3. The molecule has 0 amide bonds. The van der Waals surface area contributed by atoms with Crippen molar-refractivity contribution >= 4 is 11.4 Å². The number of nitrogens with zero attached hydrogens (tertiary/aromatic N) is 1. The molecule has 0 bridgehead atoms. The highest BCUT2D eigenvalue weighted by atomic mass is 15.1. The molecule has 1 saturated heterocycles. The van der Waals surface area contributed by atoms with Gasteiger partial charge in [-0.2, -0.15) is 0 Å². The molecule has 3 N–H and O–H groups in total. The van der Waals surface area contributed by atoms with E-state index in [1.165, 1.54) is 56.6 Å². The zero-order valence-corrected chi connectivity index (χ0v) is 11.4. The Hall–Kier alpha value is -1.22. The van der Waals surface area contributed by atoms with Crippen LogP contribution in [0.1, 0.15) is 31.2 Å². The van der Waals surface area contributed by atoms with Gasteiger partial charge in [0.05, 0.1) is 0 Å². The van der Waals surface area contributed by atoms with E-state index in [0.29, 0.717) is 0 Å². The fourth-order valence-corrected chi connectivity index (χ4v) is 2.74. The van der Waals surface area contributed by atoms with Crippen LogP contribution in [0.25, 0.3) is 0 Å². The molecule has 0 saturated carbocycles. The first-order valence-corrected chi connectivity index (χ1v) is 7.08. The van der Waals surface area contributed by atoms with Crippen LogP contribution in [0.15, 0.2) is 18.2 Å². The number of piperidine rings is 1. The van der Waals surface area contributed by atoms with Crippen LogP contribution in [0.3, 0.4) is 0 Å². The molecule has 1 fully saturated rings. The van der Waals surface area contributed by atoms with Crippen LogP contribution in [0, 0.1) is 0 Å². The predicted octanol–water partition coefficient (Wildman–Crippen LogP) is 2.73. The minimum atomic E-state index is 0.863. The summed E-state index contributed by atoms with van der Waals surface area (Å²) in [6.07, 6.45) is 6.49. The SMILES string of the molecule is CNc1ccc(N)cc1CCCN1CCCCC1. The Morgan fingerprint density at radius 2 is 2.00 bits per heavy atom. The maximum Gasteiger partial charge on any atom is 0.0371 e. The van der Waals surface area contributed by atoms with Gasteiger partial charge in [-0.1, -0.05) is 6.42 Å². The number of benzene rings is 1. The second-order valence-corrected chi connectivity index (χ2v) is 5.17. The van der Waals surface area contributed by atoms with E-state index in [1.54, 1.807) is 0 Å². The quantitative estimate of drug-likeness (QED) is 0.786. The molecule has 1 aliphatic heterocycles. The van der Waals surface area contributed by atoms with Gasteiger partial charge in [-0.3, -0.25) is 0 Å². The molecule has 2 rings (SSSR count). The number of nitrogen functional groups attached to an aromatic ring is 1. The Bertz CT molecular complexity index is 370. The van der Waals surface area contributed by atoms with Crippen LogP contribution >= 0.6 is 0 Å². The maximum absolute atomic E-state index is 5.86. The molecule has 0 radical (unpaired) electrons. The Labute approximate surface area is 110 Å². The molecule has 1 aromatic rings. The van der Waals surface area contributed by atoms with Gasteiger partial charge in [0.2, 0.25) is 0 Å². The largest absolute Gasteiger partial charge is 0.399 e. The highest BCUT2D eigenvalue weighted by molar-refractivity contribution is 5.57. The lowest BCUT2D eigenvalue weighted by molar-refractivity contribution is 0.226. The Morgan fingerprint density at radius 1 is 1.22 bits per heavy atom. The van der Waals surface area contributed by atoms with Gasteiger partial charge in [-0.15, -0.1) is 0 Å². The lowest BCUT2D eigenvalue weighted by Crippen LogP contribution is -2.30. The van der Waals surface area contributed by atoms with E-state index in [9.17, 15) is 0 Å². The van der Waals surface area contributed by atoms with Crippen LogP contribution in [-0.4, -0.2) is 31.6 Å². The number of anilines is 2. The molecule has 1 aromatic carbocycles. The molecule has 1 heterocycles. The third-order valence-corrected chi connectivity index (χ3v) is 3.77. The molecule has 3 heteroatoms. The van der Waals surface area contributed by atoms with Crippen molar-refractivity contribution in [1.29, 1.82) is 0 Å². The minimum Gasteiger partial charge on any atom is -0.399 e. The van der Waals surface area contributed by atoms with E-state index in [-0.39, 0.29) is 0 Å². The van der Waals surface area contributed by atoms with Crippen LogP contribution in [0.4, 0.5) is 11.4 Å². The zero-order chi connectivity index (χ0) is 12.8. The van der Waals surface area contributed by atoms with Gasteiger partial charge < -0.3 is 16.0 Å². The Kier molecular flexibility index (Phi) is 4.88. The number of hydrogen-bond donors (Lipinski definition) is 2. The van der Waals surface area contributed by atoms with Gasteiger partial charge >= 0.3 is 0 Å². The summed E-state index contributed by atoms with van der Waals surface area (Å²) in [5.74, 6) is 0. The van der Waals surface area contributed by atoms with Gasteiger partial charge in [-0.05, 0) is 69.1 Å². The molecule has 0 unspecified atom stereocenters. The van der Waals surface area contributed by atoms with Crippen molar-refractivity contribution in [2.24, 2.45) is 0 Å². The highest BCUT2D eigenvalue weighted by Gasteiger charge is 2.09. The smallest absolute Gasteiger partial charge is 0.0371 e. The van der Waals surface area contributed by atoms with E-state index in [2.05, 4.69) is 22.3 Å². The summed E-state index contributed by atoms with van der Waals surface area (Å²) < 4.78 is 0. The normalized spacial score (nSPS) is 16.7. The maximum atomic E-state index is 5.86. The van der Waals surface area contributed by atoms with Crippen molar-refractivity contribution in [2.45, 2.75) is 32.1 Å². The van der Waals surface area contributed by atoms with Crippen molar-refractivity contribution in [3.63, 3.8) is 0 Å². The number of aryl methyl sites for hydroxylation is 1. The lowest BCUT2D eigenvalue weighted by atomic mass is 10.1. The molecule has 0 aliphatic carbocycles. The number of likely N-dealkylation sites (tertiary alicyclic amines) is 1. The Balaban J connectivity index is 1.83. The summed E-state index contributed by atoms with van der Waals surface area (Å²) in [6.45, 7) is 3.80. The molecule has 100 valence electrons. The molecular weight excluding hydrogens is 222 g/mol. The first kappa shape index (κ1) is 13.2. The minimum absolute atomic E-state index is 0.863. The summed E-state index contributed by atoms with van der Waals surface area (Å²) in [5, 5.41) is 3.24. The van der Waals surface area contributed by atoms with Crippen LogP contribution in [-0.2, 0) is 6.42 Å². The summed E-state index contributed by atoms with van der Waals surface area (Å²) in [4.78, 5) is 2.59. The molecule has 3 nitrogen and oxygen atoms in total. The average molecular weight is 247 g/mol. The topological polar surface area (TPSA) is 41.3 Å². The first-order valence-electron chi connectivity index (χ1n) is 7.08. The third kappa shape index (κ3) is 3.64. The second kappa shape index (κ2) is 6.64.